The van der Waals surface area contributed by atoms with E-state index < -0.39 is 38.6 Å². The number of likely N-dealkylation sites (tertiary alicyclic amines) is 3. The van der Waals surface area contributed by atoms with Crippen LogP contribution >= 0.6 is 49.9 Å². The molecule has 0 radical (unpaired) electrons. The molecule has 9 aromatic rings. The summed E-state index contributed by atoms with van der Waals surface area (Å²) in [5.74, 6) is 14.9. The summed E-state index contributed by atoms with van der Waals surface area (Å²) in [6, 6.07) is 27.5. The maximum Gasteiger partial charge on any atom is 0.358 e. The van der Waals surface area contributed by atoms with E-state index in [1.807, 2.05) is 105 Å². The molecule has 3 saturated heterocycles. The van der Waals surface area contributed by atoms with Crippen molar-refractivity contribution in [3.05, 3.63) is 190 Å². The van der Waals surface area contributed by atoms with E-state index >= 15 is 0 Å². The van der Waals surface area contributed by atoms with E-state index in [1.165, 1.54) is 136 Å². The van der Waals surface area contributed by atoms with Crippen LogP contribution in [0.4, 0.5) is 34.5 Å². The quantitative estimate of drug-likeness (QED) is 0.00534. The lowest BCUT2D eigenvalue weighted by molar-refractivity contribution is -0.386. The number of unbranched alkanes of at least 4 members (excludes halogenated alkanes) is 6. The summed E-state index contributed by atoms with van der Waals surface area (Å²) < 4.78 is 34.3. The fourth-order valence-corrected chi connectivity index (χ4v) is 16.0. The Balaban J connectivity index is 0.000000205. The number of esters is 3. The van der Waals surface area contributed by atoms with Crippen LogP contribution in [0.5, 0.6) is 17.2 Å². The second-order valence-corrected chi connectivity index (χ2v) is 37.6. The second kappa shape index (κ2) is 53.3. The van der Waals surface area contributed by atoms with Crippen LogP contribution < -0.4 is 35.9 Å². The molecule has 3 aromatic carbocycles. The number of aryl methyl sites for hydroxylation is 1. The summed E-state index contributed by atoms with van der Waals surface area (Å²) in [6.45, 7) is 29.7. The number of nitro benzene ring substituents is 2. The normalized spacial score (nSPS) is 13.6. The maximum atomic E-state index is 12.3. The Hall–Kier alpha value is -10.7. The average Bonchev–Trinajstić information content (AvgIpc) is 1.79. The Kier molecular flexibility index (Phi) is 42.1. The van der Waals surface area contributed by atoms with Crippen molar-refractivity contribution < 1.29 is 52.7 Å². The summed E-state index contributed by atoms with van der Waals surface area (Å²) >= 11 is 7.61. The lowest BCUT2D eigenvalue weighted by Crippen LogP contribution is -2.30. The van der Waals surface area contributed by atoms with Gasteiger partial charge >= 0.3 is 29.3 Å². The molecule has 0 saturated carbocycles. The molecule has 0 bridgehead atoms. The first-order valence-electron chi connectivity index (χ1n) is 44.3. The monoisotopic (exact) mass is 1870 g/mol. The van der Waals surface area contributed by atoms with E-state index in [4.69, 9.17) is 34.2 Å². The number of rotatable bonds is 37. The maximum absolute atomic E-state index is 12.3. The first kappa shape index (κ1) is 101. The number of aromatic nitrogens is 6. The molecule has 3 aliphatic heterocycles. The number of nitro groups is 2. The van der Waals surface area contributed by atoms with Gasteiger partial charge in [-0.25, -0.2) is 44.3 Å². The molecule has 0 spiro atoms. The van der Waals surface area contributed by atoms with Crippen molar-refractivity contribution in [2.24, 2.45) is 0 Å². The molecule has 0 aliphatic carbocycles. The second-order valence-electron chi connectivity index (χ2n) is 34.2. The topological polar surface area (TPSA) is 342 Å². The molecule has 128 heavy (non-hydrogen) atoms. The van der Waals surface area contributed by atoms with Crippen LogP contribution in [-0.2, 0) is 20.6 Å². The van der Waals surface area contributed by atoms with E-state index in [0.29, 0.717) is 73.4 Å². The van der Waals surface area contributed by atoms with Crippen LogP contribution in [0.1, 0.15) is 232 Å². The average molecular weight is 1870 g/mol. The lowest BCUT2D eigenvalue weighted by atomic mass is 10.1. The number of piperidine rings is 3. The van der Waals surface area contributed by atoms with Crippen LogP contribution in [0.2, 0.25) is 0 Å². The molecule has 3 aliphatic rings. The fraction of sp³-hybridized carbons (Fsp3) is 0.490. The van der Waals surface area contributed by atoms with Crippen molar-refractivity contribution >= 4 is 102 Å². The minimum atomic E-state index is -0.577. The van der Waals surface area contributed by atoms with Gasteiger partial charge in [0.25, 0.3) is 0 Å². The summed E-state index contributed by atoms with van der Waals surface area (Å²) in [4.78, 5) is 91.1. The largest absolute Gasteiger partial charge is 0.491 e. The highest BCUT2D eigenvalue weighted by Crippen LogP contribution is 2.33. The molecule has 32 heteroatoms. The molecule has 5 N–H and O–H groups in total. The van der Waals surface area contributed by atoms with Gasteiger partial charge in [-0.15, -0.1) is 34.0 Å². The summed E-state index contributed by atoms with van der Waals surface area (Å²) in [5.41, 5.74) is 12.3. The molecule has 0 amide bonds. The first-order chi connectivity index (χ1) is 61.5. The minimum absolute atomic E-state index is 0.0304. The summed E-state index contributed by atoms with van der Waals surface area (Å²) in [7, 11) is 0. The van der Waals surface area contributed by atoms with Gasteiger partial charge in [-0.1, -0.05) is 64.9 Å². The van der Waals surface area contributed by atoms with Crippen LogP contribution in [0.3, 0.4) is 0 Å². The van der Waals surface area contributed by atoms with E-state index in [1.54, 1.807) is 64.5 Å². The molecule has 28 nitrogen and oxygen atoms in total. The third kappa shape index (κ3) is 38.3. The number of carbonyl (C=O) groups is 3. The number of nitrogens with zero attached hydrogens (tertiary/aromatic N) is 11. The number of nitrogen functional groups attached to an aromatic ring is 1. The number of hydrogen-bond donors (Lipinski definition) is 4. The van der Waals surface area contributed by atoms with E-state index in [-0.39, 0.29) is 23.1 Å². The predicted octanol–water partition coefficient (Wildman–Crippen LogP) is 20.7. The highest BCUT2D eigenvalue weighted by atomic mass is 79.9. The number of benzene rings is 3. The van der Waals surface area contributed by atoms with Crippen LogP contribution in [0.15, 0.2) is 136 Å². The number of carbonyl (C=O) groups excluding carboxylic acids is 3. The van der Waals surface area contributed by atoms with Gasteiger partial charge in [0.15, 0.2) is 28.6 Å². The zero-order valence-corrected chi connectivity index (χ0v) is 79.4. The molecule has 3 fully saturated rings. The number of hydrogen-bond acceptors (Lipinski definition) is 29. The van der Waals surface area contributed by atoms with Crippen molar-refractivity contribution in [1.82, 2.24) is 44.6 Å². The van der Waals surface area contributed by atoms with Gasteiger partial charge < -0.3 is 55.0 Å². The Bertz CT molecular complexity index is 5090. The predicted molar refractivity (Wildman–Crippen MR) is 514 cm³/mol. The van der Waals surface area contributed by atoms with Gasteiger partial charge in [0.1, 0.15) is 50.0 Å². The lowest BCUT2D eigenvalue weighted by Gasteiger charge is -2.26. The third-order valence-electron chi connectivity index (χ3n) is 19.9. The van der Waals surface area contributed by atoms with Crippen LogP contribution in [0, 0.1) is 43.9 Å². The van der Waals surface area contributed by atoms with Crippen molar-refractivity contribution in [3.63, 3.8) is 0 Å². The highest BCUT2D eigenvalue weighted by Gasteiger charge is 2.25. The fourth-order valence-electron chi connectivity index (χ4n) is 13.6. The Labute approximate surface area is 773 Å². The zero-order valence-electron chi connectivity index (χ0n) is 75.4. The van der Waals surface area contributed by atoms with E-state index in [2.05, 4.69) is 112 Å². The summed E-state index contributed by atoms with van der Waals surface area (Å²) in [6.07, 6.45) is 27.2. The molecular formula is C96H124BrN15O13S3. The van der Waals surface area contributed by atoms with Crippen molar-refractivity contribution in [2.75, 3.05) is 120 Å². The minimum Gasteiger partial charge on any atom is -0.491 e. The summed E-state index contributed by atoms with van der Waals surface area (Å²) in [5, 5.41) is 39.7. The van der Waals surface area contributed by atoms with Gasteiger partial charge in [0.05, 0.1) is 54.0 Å². The Morgan fingerprint density at radius 3 is 1.28 bits per heavy atom. The number of nitrogens with one attached hydrogen (secondary N) is 3. The van der Waals surface area contributed by atoms with E-state index in [9.17, 15) is 34.6 Å². The van der Waals surface area contributed by atoms with Gasteiger partial charge in [-0.05, 0) is 296 Å². The molecule has 12 rings (SSSR count). The first-order valence-corrected chi connectivity index (χ1v) is 47.8. The molecule has 6 aromatic heterocycles. The van der Waals surface area contributed by atoms with Gasteiger partial charge in [-0.2, -0.15) is 0 Å². The van der Waals surface area contributed by atoms with Crippen molar-refractivity contribution in [3.8, 4) is 62.1 Å². The SMILES string of the molecule is CC(C)(C)OC(=O)c1csc(-c2ccnc(NCCCCCOc3ccc(C#CCN4CCCCC4)cc3[N+](=O)[O-])c2)n1.CC(C)(C)OC(=O)c1csc(-c2ccnc(NCCCCCOc3ccc(CCCN4CCCCC4)cc3N)c2)n1.CC(C)(C)OC(=O)c1cscn1.O=[N+]([O-])c1cc(C#CCN2CCCCC2)ccc1OCCCCCNc1cc(Br)ccn1. The molecular weight excluding hydrogens is 1750 g/mol. The number of anilines is 4. The van der Waals surface area contributed by atoms with Crippen LogP contribution in [0.25, 0.3) is 21.1 Å². The van der Waals surface area contributed by atoms with Crippen molar-refractivity contribution in [2.45, 2.75) is 208 Å². The number of nitrogens with two attached hydrogens (primary N) is 1. The Morgan fingerprint density at radius 1 is 0.469 bits per heavy atom. The number of thiazole rings is 3. The molecule has 0 atom stereocenters. The third-order valence-corrected chi connectivity index (χ3v) is 22.8. The van der Waals surface area contributed by atoms with E-state index in [0.717, 1.165) is 158 Å². The van der Waals surface area contributed by atoms with Gasteiger partial charge in [0, 0.05) is 93.2 Å². The number of ether oxygens (including phenoxy) is 6. The molecule has 686 valence electrons. The zero-order chi connectivity index (χ0) is 91.5. The van der Waals surface area contributed by atoms with Crippen LogP contribution in [-0.4, -0.2) is 188 Å². The van der Waals surface area contributed by atoms with Crippen molar-refractivity contribution in [1.29, 1.82) is 0 Å². The Morgan fingerprint density at radius 2 is 0.875 bits per heavy atom. The molecule has 0 unspecified atom stereocenters. The smallest absolute Gasteiger partial charge is 0.358 e. The highest BCUT2D eigenvalue weighted by molar-refractivity contribution is 9.10. The standard InChI is InChI=1S/C32H39N5O5S.C32H45N5O3S.C24H29BrN4O3.C8H11NO2S/c1-32(2,3)42-31(38)26-23-43-30(35-26)25-14-16-34-29(22-25)33-15-6-4-9-20-41-28-13-12-24(21-27(28)37(39)40)11-10-19-36-17-7-5-8-18-36;1-32(2,3)40-31(38)27-23-41-30(36-27)25-14-16-35-29(22-25)34-15-6-4-9-20-39-28-13-12-24(21-26(28)33)11-10-19-37-17-7-5-8-18-37;25-21-11-13-27-24(19-21)26-12-3-1-6-17-32-23-10-9-20(18-22(23)29(30)31)8-7-16-28-14-4-2-5-15-28;1-8(2,3)11-7(10)6-4-12-5-9-6/h12-14,16,21-23H,4-9,15,17-20H2,1-3H3,(H,33,34);12-14,16,21-23H,4-11,15,17-20,33H2,1-3H3,(H,34,35);9-11,13,18-19H,1-6,12,14-17H2,(H,26,27);4-5H,1-3H3. The van der Waals surface area contributed by atoms with Gasteiger partial charge in [0.2, 0.25) is 0 Å². The molecule has 9 heterocycles. The number of pyridine rings is 3. The van der Waals surface area contributed by atoms with Gasteiger partial charge in [-0.3, -0.25) is 30.0 Å². The number of halogens is 1.